The molecule has 0 heteroatoms. The van der Waals surface area contributed by atoms with Crippen LogP contribution in [0.4, 0.5) is 0 Å². The smallest absolute Gasteiger partial charge is 0.0184 e. The van der Waals surface area contributed by atoms with Gasteiger partial charge in [0.05, 0.1) is 0 Å². The van der Waals surface area contributed by atoms with E-state index in [1.165, 1.54) is 106 Å². The molecule has 0 aromatic heterocycles. The SMILES string of the molecule is CCCCCCCCc1ccc(-c2ccc(CCC3CC[CH]CC3)cc2)cc1. The van der Waals surface area contributed by atoms with E-state index >= 15 is 0 Å². The van der Waals surface area contributed by atoms with E-state index in [0.29, 0.717) is 0 Å². The third-order valence-corrected chi connectivity index (χ3v) is 6.46. The van der Waals surface area contributed by atoms with Gasteiger partial charge < -0.3 is 0 Å². The van der Waals surface area contributed by atoms with Crippen LogP contribution in [0.2, 0.25) is 0 Å². The zero-order valence-corrected chi connectivity index (χ0v) is 18.0. The Labute approximate surface area is 173 Å². The van der Waals surface area contributed by atoms with E-state index in [2.05, 4.69) is 61.9 Å². The van der Waals surface area contributed by atoms with Crippen molar-refractivity contribution in [3.63, 3.8) is 0 Å². The highest BCUT2D eigenvalue weighted by atomic mass is 14.2. The molecule has 151 valence electrons. The van der Waals surface area contributed by atoms with Crippen molar-refractivity contribution in [3.8, 4) is 11.1 Å². The maximum Gasteiger partial charge on any atom is -0.0184 e. The lowest BCUT2D eigenvalue weighted by molar-refractivity contribution is 0.381. The highest BCUT2D eigenvalue weighted by Crippen LogP contribution is 2.27. The normalized spacial score (nSPS) is 15.0. The highest BCUT2D eigenvalue weighted by molar-refractivity contribution is 5.63. The van der Waals surface area contributed by atoms with Crippen molar-refractivity contribution in [1.82, 2.24) is 0 Å². The van der Waals surface area contributed by atoms with Crippen molar-refractivity contribution in [2.45, 2.75) is 90.4 Å². The minimum absolute atomic E-state index is 0.948. The Morgan fingerprint density at radius 2 is 1.18 bits per heavy atom. The Kier molecular flexibility index (Phi) is 9.14. The molecule has 0 atom stereocenters. The first kappa shape index (κ1) is 21.2. The second-order valence-corrected chi connectivity index (χ2v) is 8.76. The lowest BCUT2D eigenvalue weighted by Crippen LogP contribution is -2.07. The van der Waals surface area contributed by atoms with Gasteiger partial charge >= 0.3 is 0 Å². The molecule has 1 aliphatic carbocycles. The number of hydrogen-bond donors (Lipinski definition) is 0. The first-order valence-electron chi connectivity index (χ1n) is 11.8. The second kappa shape index (κ2) is 12.1. The highest BCUT2D eigenvalue weighted by Gasteiger charge is 2.13. The molecule has 0 aliphatic heterocycles. The fourth-order valence-corrected chi connectivity index (χ4v) is 4.49. The number of aryl methyl sites for hydroxylation is 2. The lowest BCUT2D eigenvalue weighted by atomic mass is 9.85. The van der Waals surface area contributed by atoms with Crippen LogP contribution in [0, 0.1) is 12.3 Å². The third kappa shape index (κ3) is 7.12. The van der Waals surface area contributed by atoms with Crippen LogP contribution in [-0.4, -0.2) is 0 Å². The lowest BCUT2D eigenvalue weighted by Gasteiger charge is -2.21. The van der Waals surface area contributed by atoms with E-state index in [1.807, 2.05) is 0 Å². The summed E-state index contributed by atoms with van der Waals surface area (Å²) >= 11 is 0. The van der Waals surface area contributed by atoms with Gasteiger partial charge in [0.2, 0.25) is 0 Å². The van der Waals surface area contributed by atoms with Crippen LogP contribution in [0.3, 0.4) is 0 Å². The Morgan fingerprint density at radius 1 is 0.643 bits per heavy atom. The average molecular weight is 376 g/mol. The van der Waals surface area contributed by atoms with Gasteiger partial charge in [-0.15, -0.1) is 0 Å². The Hall–Kier alpha value is -1.56. The molecule has 1 aliphatic rings. The van der Waals surface area contributed by atoms with Crippen LogP contribution in [-0.2, 0) is 12.8 Å². The molecular formula is C28H39. The van der Waals surface area contributed by atoms with E-state index in [4.69, 9.17) is 0 Å². The maximum absolute atomic E-state index is 2.46. The van der Waals surface area contributed by atoms with Crippen LogP contribution in [0.15, 0.2) is 48.5 Å². The molecule has 0 bridgehead atoms. The van der Waals surface area contributed by atoms with Crippen LogP contribution in [0.1, 0.15) is 88.7 Å². The molecule has 3 rings (SSSR count). The predicted octanol–water partition coefficient (Wildman–Crippen LogP) is 8.58. The summed E-state index contributed by atoms with van der Waals surface area (Å²) in [5.41, 5.74) is 5.68. The van der Waals surface area contributed by atoms with E-state index in [0.717, 1.165) is 5.92 Å². The van der Waals surface area contributed by atoms with Gasteiger partial charge in [-0.1, -0.05) is 100 Å². The van der Waals surface area contributed by atoms with Crippen LogP contribution in [0.5, 0.6) is 0 Å². The van der Waals surface area contributed by atoms with Gasteiger partial charge in [0, 0.05) is 0 Å². The fourth-order valence-electron chi connectivity index (χ4n) is 4.49. The number of benzene rings is 2. The summed E-state index contributed by atoms with van der Waals surface area (Å²) in [6.07, 6.45) is 20.0. The zero-order valence-electron chi connectivity index (χ0n) is 18.0. The first-order chi connectivity index (χ1) is 13.8. The molecule has 28 heavy (non-hydrogen) atoms. The quantitative estimate of drug-likeness (QED) is 0.345. The molecule has 0 saturated heterocycles. The van der Waals surface area contributed by atoms with Crippen molar-refractivity contribution in [2.75, 3.05) is 0 Å². The molecule has 1 fully saturated rings. The average Bonchev–Trinajstić information content (AvgIpc) is 2.76. The minimum atomic E-state index is 0.948. The summed E-state index contributed by atoms with van der Waals surface area (Å²) < 4.78 is 0. The molecule has 0 unspecified atom stereocenters. The Morgan fingerprint density at radius 3 is 1.79 bits per heavy atom. The molecule has 0 N–H and O–H groups in total. The summed E-state index contributed by atoms with van der Waals surface area (Å²) in [5, 5.41) is 0. The summed E-state index contributed by atoms with van der Waals surface area (Å²) in [6, 6.07) is 18.6. The maximum atomic E-state index is 2.46. The minimum Gasteiger partial charge on any atom is -0.0654 e. The predicted molar refractivity (Wildman–Crippen MR) is 124 cm³/mol. The van der Waals surface area contributed by atoms with Crippen LogP contribution in [0.25, 0.3) is 11.1 Å². The van der Waals surface area contributed by atoms with Gasteiger partial charge in [0.1, 0.15) is 0 Å². The zero-order chi connectivity index (χ0) is 19.4. The van der Waals surface area contributed by atoms with Gasteiger partial charge in [-0.3, -0.25) is 0 Å². The molecule has 1 saturated carbocycles. The standard InChI is InChI=1S/C28H39/c1-2-3-4-5-6-8-13-25-16-20-27(21-17-25)28-22-18-26(19-23-28)15-14-24-11-9-7-10-12-24/h7,16-24H,2-6,8-15H2,1H3. The summed E-state index contributed by atoms with van der Waals surface area (Å²) in [5.74, 6) is 0.948. The largest absolute Gasteiger partial charge is 0.0654 e. The molecule has 0 heterocycles. The molecule has 0 amide bonds. The van der Waals surface area contributed by atoms with Gasteiger partial charge in [0.15, 0.2) is 0 Å². The number of rotatable bonds is 11. The summed E-state index contributed by atoms with van der Waals surface area (Å²) in [4.78, 5) is 0. The molecule has 2 aromatic carbocycles. The van der Waals surface area contributed by atoms with E-state index in [-0.39, 0.29) is 0 Å². The topological polar surface area (TPSA) is 0 Å². The van der Waals surface area contributed by atoms with E-state index in [1.54, 1.807) is 0 Å². The molecule has 0 nitrogen and oxygen atoms in total. The number of hydrogen-bond acceptors (Lipinski definition) is 0. The monoisotopic (exact) mass is 375 g/mol. The second-order valence-electron chi connectivity index (χ2n) is 8.76. The summed E-state index contributed by atoms with van der Waals surface area (Å²) in [7, 11) is 0. The van der Waals surface area contributed by atoms with Gasteiger partial charge in [-0.2, -0.15) is 0 Å². The molecule has 0 spiro atoms. The fraction of sp³-hybridized carbons (Fsp3) is 0.536. The van der Waals surface area contributed by atoms with Crippen molar-refractivity contribution in [1.29, 1.82) is 0 Å². The van der Waals surface area contributed by atoms with Crippen molar-refractivity contribution >= 4 is 0 Å². The van der Waals surface area contributed by atoms with Gasteiger partial charge in [0.25, 0.3) is 0 Å². The van der Waals surface area contributed by atoms with Crippen molar-refractivity contribution < 1.29 is 0 Å². The van der Waals surface area contributed by atoms with Crippen LogP contribution < -0.4 is 0 Å². The number of unbranched alkanes of at least 4 members (excludes halogenated alkanes) is 5. The summed E-state index contributed by atoms with van der Waals surface area (Å²) in [6.45, 7) is 2.28. The molecule has 1 radical (unpaired) electrons. The Bertz CT molecular complexity index is 643. The van der Waals surface area contributed by atoms with E-state index < -0.39 is 0 Å². The Balaban J connectivity index is 1.43. The molecular weight excluding hydrogens is 336 g/mol. The first-order valence-corrected chi connectivity index (χ1v) is 11.8. The van der Waals surface area contributed by atoms with Gasteiger partial charge in [-0.05, 0) is 73.1 Å². The van der Waals surface area contributed by atoms with Crippen molar-refractivity contribution in [3.05, 3.63) is 66.1 Å². The van der Waals surface area contributed by atoms with E-state index in [9.17, 15) is 0 Å². The third-order valence-electron chi connectivity index (χ3n) is 6.46. The van der Waals surface area contributed by atoms with Gasteiger partial charge in [-0.25, -0.2) is 0 Å². The molecule has 2 aromatic rings. The van der Waals surface area contributed by atoms with Crippen LogP contribution >= 0.6 is 0 Å². The van der Waals surface area contributed by atoms with Crippen molar-refractivity contribution in [2.24, 2.45) is 5.92 Å².